The number of fused-ring (bicyclic) bond motifs is 1. The third-order valence-electron chi connectivity index (χ3n) is 4.52. The summed E-state index contributed by atoms with van der Waals surface area (Å²) in [6, 6.07) is 6.00. The van der Waals surface area contributed by atoms with Crippen molar-refractivity contribution in [2.24, 2.45) is 5.92 Å². The molecule has 0 bridgehead atoms. The lowest BCUT2D eigenvalue weighted by Gasteiger charge is -2.31. The van der Waals surface area contributed by atoms with Crippen LogP contribution in [0.2, 0.25) is 5.02 Å². The molecular weight excluding hydrogens is 388 g/mol. The third kappa shape index (κ3) is 4.30. The van der Waals surface area contributed by atoms with Crippen LogP contribution >= 0.6 is 22.9 Å². The topological polar surface area (TPSA) is 110 Å². The van der Waals surface area contributed by atoms with Crippen molar-refractivity contribution in [3.8, 4) is 0 Å². The average molecular weight is 407 g/mol. The van der Waals surface area contributed by atoms with Gasteiger partial charge in [0, 0.05) is 30.6 Å². The van der Waals surface area contributed by atoms with Gasteiger partial charge in [-0.25, -0.2) is 0 Å². The zero-order valence-electron chi connectivity index (χ0n) is 14.5. The monoisotopic (exact) mass is 406 g/mol. The van der Waals surface area contributed by atoms with Gasteiger partial charge in [-0.2, -0.15) is 4.98 Å². The molecule has 2 aromatic heterocycles. The zero-order chi connectivity index (χ0) is 18.8. The Morgan fingerprint density at radius 1 is 1.44 bits per heavy atom. The van der Waals surface area contributed by atoms with Crippen molar-refractivity contribution >= 4 is 51.1 Å². The summed E-state index contributed by atoms with van der Waals surface area (Å²) in [6.45, 7) is 1.96. The number of anilines is 2. The van der Waals surface area contributed by atoms with Gasteiger partial charge in [-0.1, -0.05) is 22.9 Å². The second kappa shape index (κ2) is 7.69. The van der Waals surface area contributed by atoms with Gasteiger partial charge < -0.3 is 20.4 Å². The summed E-state index contributed by atoms with van der Waals surface area (Å²) in [5.41, 5.74) is 7.00. The number of benzene rings is 1. The highest BCUT2D eigenvalue weighted by Crippen LogP contribution is 2.28. The van der Waals surface area contributed by atoms with Crippen molar-refractivity contribution in [2.75, 3.05) is 23.7 Å². The molecule has 1 aliphatic rings. The molecule has 1 aromatic carbocycles. The Kier molecular flexibility index (Phi) is 5.13. The molecule has 1 unspecified atom stereocenters. The Labute approximate surface area is 164 Å². The number of amides is 1. The van der Waals surface area contributed by atoms with Crippen LogP contribution < -0.4 is 16.0 Å². The highest BCUT2D eigenvalue weighted by atomic mass is 35.5. The number of hydrogen-bond donors (Lipinski definition) is 2. The van der Waals surface area contributed by atoms with Gasteiger partial charge in [0.25, 0.3) is 6.01 Å². The van der Waals surface area contributed by atoms with Crippen LogP contribution in [0.4, 0.5) is 11.1 Å². The van der Waals surface area contributed by atoms with Crippen molar-refractivity contribution in [1.29, 1.82) is 0 Å². The molecule has 1 fully saturated rings. The number of piperidine rings is 1. The van der Waals surface area contributed by atoms with Gasteiger partial charge in [-0.3, -0.25) is 4.79 Å². The van der Waals surface area contributed by atoms with Crippen molar-refractivity contribution in [2.45, 2.75) is 25.8 Å². The highest BCUT2D eigenvalue weighted by molar-refractivity contribution is 7.15. The molecule has 1 amide bonds. The van der Waals surface area contributed by atoms with Crippen LogP contribution in [0.1, 0.15) is 24.3 Å². The maximum absolute atomic E-state index is 12.3. The number of hydrogen-bond acceptors (Lipinski definition) is 8. The normalized spacial score (nSPS) is 17.4. The molecule has 0 radical (unpaired) electrons. The maximum Gasteiger partial charge on any atom is 0.298 e. The minimum atomic E-state index is -0.0000292. The van der Waals surface area contributed by atoms with Gasteiger partial charge in [0.05, 0.1) is 6.54 Å². The quantitative estimate of drug-likeness (QED) is 0.670. The molecule has 142 valence electrons. The summed E-state index contributed by atoms with van der Waals surface area (Å²) < 4.78 is 5.85. The molecule has 3 aromatic rings. The van der Waals surface area contributed by atoms with Crippen LogP contribution in [0.3, 0.4) is 0 Å². The van der Waals surface area contributed by atoms with Crippen molar-refractivity contribution < 1.29 is 9.21 Å². The van der Waals surface area contributed by atoms with Crippen LogP contribution in [0.15, 0.2) is 22.6 Å². The molecule has 0 spiro atoms. The van der Waals surface area contributed by atoms with Crippen LogP contribution in [0, 0.1) is 5.92 Å². The number of nitrogens with two attached hydrogens (primary N) is 1. The number of nitrogen functional groups attached to an aromatic ring is 1. The van der Waals surface area contributed by atoms with E-state index < -0.39 is 0 Å². The molecule has 8 nitrogen and oxygen atoms in total. The fourth-order valence-corrected chi connectivity index (χ4v) is 3.98. The molecule has 1 saturated heterocycles. The van der Waals surface area contributed by atoms with E-state index in [0.717, 1.165) is 31.4 Å². The third-order valence-corrected chi connectivity index (χ3v) is 5.51. The fraction of sp³-hybridized carbons (Fsp3) is 0.412. The molecular formula is C17H19ClN6O2S. The summed E-state index contributed by atoms with van der Waals surface area (Å²) in [5, 5.41) is 12.3. The van der Waals surface area contributed by atoms with E-state index in [4.69, 9.17) is 21.8 Å². The number of rotatable bonds is 5. The van der Waals surface area contributed by atoms with Crippen LogP contribution in [0.25, 0.3) is 11.1 Å². The summed E-state index contributed by atoms with van der Waals surface area (Å²) in [6.07, 6.45) is 2.45. The van der Waals surface area contributed by atoms with E-state index >= 15 is 0 Å². The predicted octanol–water partition coefficient (Wildman–Crippen LogP) is 2.84. The number of nitrogens with zero attached hydrogens (tertiary/aromatic N) is 4. The molecule has 0 saturated carbocycles. The van der Waals surface area contributed by atoms with Gasteiger partial charge in [0.15, 0.2) is 5.58 Å². The molecule has 1 atom stereocenters. The largest absolute Gasteiger partial charge is 0.423 e. The SMILES string of the molecule is Nc1nnc(CNC(=O)CC2CCCN(c3nc4ccc(Cl)cc4o3)C2)s1. The lowest BCUT2D eigenvalue weighted by molar-refractivity contribution is -0.122. The Morgan fingerprint density at radius 2 is 2.33 bits per heavy atom. The molecule has 1 aliphatic heterocycles. The number of nitrogens with one attached hydrogen (secondary N) is 1. The van der Waals surface area contributed by atoms with Gasteiger partial charge >= 0.3 is 0 Å². The minimum absolute atomic E-state index is 0.0000292. The molecule has 27 heavy (non-hydrogen) atoms. The maximum atomic E-state index is 12.3. The highest BCUT2D eigenvalue weighted by Gasteiger charge is 2.25. The lowest BCUT2D eigenvalue weighted by Crippen LogP contribution is -2.38. The van der Waals surface area contributed by atoms with E-state index in [2.05, 4.69) is 25.4 Å². The van der Waals surface area contributed by atoms with E-state index in [1.165, 1.54) is 11.3 Å². The van der Waals surface area contributed by atoms with Crippen molar-refractivity contribution in [3.05, 3.63) is 28.2 Å². The summed E-state index contributed by atoms with van der Waals surface area (Å²) in [7, 11) is 0. The van der Waals surface area contributed by atoms with Gasteiger partial charge in [0.1, 0.15) is 10.5 Å². The van der Waals surface area contributed by atoms with Crippen LogP contribution in [0.5, 0.6) is 0 Å². The molecule has 3 heterocycles. The van der Waals surface area contributed by atoms with E-state index in [1.807, 2.05) is 6.07 Å². The summed E-state index contributed by atoms with van der Waals surface area (Å²) in [4.78, 5) is 18.9. The summed E-state index contributed by atoms with van der Waals surface area (Å²) >= 11 is 7.29. The molecule has 0 aliphatic carbocycles. The first-order valence-electron chi connectivity index (χ1n) is 8.72. The number of halogens is 1. The van der Waals surface area contributed by atoms with E-state index in [0.29, 0.717) is 39.7 Å². The molecule has 10 heteroatoms. The zero-order valence-corrected chi connectivity index (χ0v) is 16.1. The van der Waals surface area contributed by atoms with E-state index in [1.54, 1.807) is 12.1 Å². The van der Waals surface area contributed by atoms with Gasteiger partial charge in [-0.05, 0) is 30.9 Å². The smallest absolute Gasteiger partial charge is 0.298 e. The van der Waals surface area contributed by atoms with Gasteiger partial charge in [-0.15, -0.1) is 10.2 Å². The Balaban J connectivity index is 1.35. The molecule has 3 N–H and O–H groups in total. The number of oxazole rings is 1. The Hall–Kier alpha value is -2.39. The molecule has 4 rings (SSSR count). The first-order chi connectivity index (χ1) is 13.1. The first-order valence-corrected chi connectivity index (χ1v) is 9.92. The number of aromatic nitrogens is 3. The van der Waals surface area contributed by atoms with Gasteiger partial charge in [0.2, 0.25) is 11.0 Å². The second-order valence-corrected chi connectivity index (χ2v) is 8.11. The Morgan fingerprint density at radius 3 is 3.15 bits per heavy atom. The standard InChI is InChI=1S/C17H19ClN6O2S/c18-11-3-4-12-13(7-11)26-17(21-12)24-5-1-2-10(9-24)6-14(25)20-8-15-22-23-16(19)27-15/h3-4,7,10H,1-2,5-6,8-9H2,(H2,19,23)(H,20,25). The first kappa shape index (κ1) is 18.0. The van der Waals surface area contributed by atoms with E-state index in [-0.39, 0.29) is 11.8 Å². The second-order valence-electron chi connectivity index (χ2n) is 6.58. The average Bonchev–Trinajstić information content (AvgIpc) is 3.26. The summed E-state index contributed by atoms with van der Waals surface area (Å²) in [5.74, 6) is 0.247. The number of carbonyl (C=O) groups excluding carboxylic acids is 1. The Bertz CT molecular complexity index is 958. The van der Waals surface area contributed by atoms with E-state index in [9.17, 15) is 4.79 Å². The lowest BCUT2D eigenvalue weighted by atomic mass is 9.95. The predicted molar refractivity (Wildman–Crippen MR) is 105 cm³/mol. The van der Waals surface area contributed by atoms with Crippen LogP contribution in [-0.2, 0) is 11.3 Å². The minimum Gasteiger partial charge on any atom is -0.423 e. The number of carbonyl (C=O) groups is 1. The fourth-order valence-electron chi connectivity index (χ4n) is 3.27. The van der Waals surface area contributed by atoms with Crippen molar-refractivity contribution in [1.82, 2.24) is 20.5 Å². The van der Waals surface area contributed by atoms with Crippen LogP contribution in [-0.4, -0.2) is 34.2 Å². The van der Waals surface area contributed by atoms with Crippen molar-refractivity contribution in [3.63, 3.8) is 0 Å².